The van der Waals surface area contributed by atoms with Gasteiger partial charge < -0.3 is 10.5 Å². The molecule has 1 heterocycles. The topological polar surface area (TPSA) is 65.2 Å². The van der Waals surface area contributed by atoms with E-state index in [2.05, 4.69) is 32.3 Å². The lowest BCUT2D eigenvalue weighted by atomic mass is 9.95. The van der Waals surface area contributed by atoms with Gasteiger partial charge in [-0.05, 0) is 35.6 Å². The predicted molar refractivity (Wildman–Crippen MR) is 60.5 cm³/mol. The molecule has 14 heavy (non-hydrogen) atoms. The van der Waals surface area contributed by atoms with Crippen LogP contribution in [0.4, 0.5) is 0 Å². The van der Waals surface area contributed by atoms with Crippen LogP contribution in [0, 0.1) is 3.70 Å². The summed E-state index contributed by atoms with van der Waals surface area (Å²) in [6, 6.07) is 3.57. The number of nitrogens with zero attached hydrogens (tertiary/aromatic N) is 1. The van der Waals surface area contributed by atoms with Crippen molar-refractivity contribution in [2.45, 2.75) is 12.5 Å². The second kappa shape index (κ2) is 4.22. The van der Waals surface area contributed by atoms with E-state index in [0.29, 0.717) is 5.56 Å². The average Bonchev–Trinajstić information content (AvgIpc) is 2.17. The van der Waals surface area contributed by atoms with Gasteiger partial charge in [-0.1, -0.05) is 6.07 Å². The number of aromatic nitrogens is 1. The fraction of sp³-hybridized carbons (Fsp3) is 0.333. The minimum atomic E-state index is -1.13. The van der Waals surface area contributed by atoms with E-state index in [1.807, 2.05) is 0 Å². The van der Waals surface area contributed by atoms with Gasteiger partial charge in [0, 0.05) is 11.8 Å². The lowest BCUT2D eigenvalue weighted by molar-refractivity contribution is -0.146. The molecule has 0 aliphatic rings. The highest BCUT2D eigenvalue weighted by atomic mass is 127. The maximum Gasteiger partial charge on any atom is 0.330 e. The van der Waals surface area contributed by atoms with Crippen LogP contribution in [-0.2, 0) is 15.1 Å². The Bertz CT molecular complexity index is 335. The van der Waals surface area contributed by atoms with Gasteiger partial charge in [0.05, 0.1) is 7.11 Å². The Balaban J connectivity index is 3.03. The Morgan fingerprint density at radius 1 is 1.64 bits per heavy atom. The lowest BCUT2D eigenvalue weighted by Crippen LogP contribution is -2.42. The van der Waals surface area contributed by atoms with Crippen molar-refractivity contribution >= 4 is 28.6 Å². The first-order chi connectivity index (χ1) is 6.48. The van der Waals surface area contributed by atoms with Gasteiger partial charge in [-0.25, -0.2) is 9.78 Å². The van der Waals surface area contributed by atoms with Gasteiger partial charge in [0.25, 0.3) is 0 Å². The first-order valence-electron chi connectivity index (χ1n) is 3.98. The molecule has 0 saturated heterocycles. The van der Waals surface area contributed by atoms with Crippen LogP contribution in [0.25, 0.3) is 0 Å². The Hall–Kier alpha value is -0.690. The molecule has 2 N–H and O–H groups in total. The number of methoxy groups -OCH3 is 1. The van der Waals surface area contributed by atoms with Gasteiger partial charge in [-0.2, -0.15) is 0 Å². The van der Waals surface area contributed by atoms with E-state index in [4.69, 9.17) is 5.73 Å². The third-order valence-corrected chi connectivity index (χ3v) is 2.57. The number of nitrogens with two attached hydrogens (primary N) is 1. The molecule has 0 amide bonds. The van der Waals surface area contributed by atoms with Crippen molar-refractivity contribution in [1.82, 2.24) is 4.98 Å². The van der Waals surface area contributed by atoms with Crippen LogP contribution in [0.3, 0.4) is 0 Å². The third kappa shape index (κ3) is 2.21. The third-order valence-electron chi connectivity index (χ3n) is 1.94. The summed E-state index contributed by atoms with van der Waals surface area (Å²) in [5.41, 5.74) is 5.34. The molecule has 0 aliphatic heterocycles. The van der Waals surface area contributed by atoms with E-state index >= 15 is 0 Å². The fourth-order valence-corrected chi connectivity index (χ4v) is 1.33. The quantitative estimate of drug-likeness (QED) is 0.503. The maximum absolute atomic E-state index is 11.3. The van der Waals surface area contributed by atoms with Gasteiger partial charge >= 0.3 is 5.97 Å². The largest absolute Gasteiger partial charge is 0.467 e. The number of rotatable bonds is 2. The highest BCUT2D eigenvalue weighted by Gasteiger charge is 2.31. The lowest BCUT2D eigenvalue weighted by Gasteiger charge is -2.21. The molecule has 0 saturated carbocycles. The molecule has 0 aromatic carbocycles. The van der Waals surface area contributed by atoms with Crippen molar-refractivity contribution in [2.75, 3.05) is 7.11 Å². The minimum Gasteiger partial charge on any atom is -0.467 e. The van der Waals surface area contributed by atoms with Crippen LogP contribution >= 0.6 is 22.6 Å². The summed E-state index contributed by atoms with van der Waals surface area (Å²) in [5, 5.41) is 0. The zero-order chi connectivity index (χ0) is 10.8. The molecule has 1 unspecified atom stereocenters. The molecule has 1 rings (SSSR count). The first-order valence-corrected chi connectivity index (χ1v) is 5.05. The molecule has 0 spiro atoms. The van der Waals surface area contributed by atoms with Crippen LogP contribution in [0.15, 0.2) is 18.3 Å². The molecule has 4 nitrogen and oxygen atoms in total. The van der Waals surface area contributed by atoms with Crippen molar-refractivity contribution in [3.05, 3.63) is 27.6 Å². The minimum absolute atomic E-state index is 0.472. The van der Waals surface area contributed by atoms with E-state index in [1.165, 1.54) is 7.11 Å². The molecule has 0 fully saturated rings. The second-order valence-electron chi connectivity index (χ2n) is 3.06. The van der Waals surface area contributed by atoms with Crippen molar-refractivity contribution in [3.8, 4) is 0 Å². The van der Waals surface area contributed by atoms with Crippen molar-refractivity contribution in [1.29, 1.82) is 0 Å². The predicted octanol–water partition coefficient (Wildman–Crippen LogP) is 1.03. The zero-order valence-corrected chi connectivity index (χ0v) is 10.1. The number of ether oxygens (including phenoxy) is 1. The highest BCUT2D eigenvalue weighted by molar-refractivity contribution is 14.1. The smallest absolute Gasteiger partial charge is 0.330 e. The Morgan fingerprint density at radius 3 is 2.71 bits per heavy atom. The molecule has 1 aromatic heterocycles. The SMILES string of the molecule is COC(=O)C(C)(N)c1ccc(I)nc1. The van der Waals surface area contributed by atoms with Gasteiger partial charge in [-0.15, -0.1) is 0 Å². The molecule has 1 aromatic rings. The molecule has 76 valence electrons. The number of hydrogen-bond donors (Lipinski definition) is 1. The molecule has 5 heteroatoms. The summed E-state index contributed by atoms with van der Waals surface area (Å²) >= 11 is 2.08. The molecule has 0 radical (unpaired) electrons. The van der Waals surface area contributed by atoms with E-state index in [-0.39, 0.29) is 0 Å². The molecule has 1 atom stereocenters. The Labute approximate surface area is 96.0 Å². The molecule has 0 aliphatic carbocycles. The fourth-order valence-electron chi connectivity index (χ4n) is 1.01. The van der Waals surface area contributed by atoms with Crippen LogP contribution in [0.1, 0.15) is 12.5 Å². The van der Waals surface area contributed by atoms with Gasteiger partial charge in [0.2, 0.25) is 0 Å². The number of carbonyl (C=O) groups is 1. The first kappa shape index (κ1) is 11.4. The monoisotopic (exact) mass is 306 g/mol. The van der Waals surface area contributed by atoms with E-state index in [1.54, 1.807) is 25.3 Å². The van der Waals surface area contributed by atoms with E-state index in [0.717, 1.165) is 3.70 Å². The summed E-state index contributed by atoms with van der Waals surface area (Å²) in [6.45, 7) is 1.60. The number of hydrogen-bond acceptors (Lipinski definition) is 4. The number of pyridine rings is 1. The van der Waals surface area contributed by atoms with Gasteiger partial charge in [0.1, 0.15) is 9.24 Å². The number of halogens is 1. The van der Waals surface area contributed by atoms with Crippen LogP contribution < -0.4 is 5.73 Å². The number of carbonyl (C=O) groups excluding carboxylic acids is 1. The van der Waals surface area contributed by atoms with E-state index < -0.39 is 11.5 Å². The van der Waals surface area contributed by atoms with Crippen molar-refractivity contribution in [3.63, 3.8) is 0 Å². The summed E-state index contributed by atoms with van der Waals surface area (Å²) in [5.74, 6) is -0.472. The van der Waals surface area contributed by atoms with E-state index in [9.17, 15) is 4.79 Å². The molecular weight excluding hydrogens is 295 g/mol. The molecular formula is C9H11IN2O2. The Kier molecular flexibility index (Phi) is 3.43. The zero-order valence-electron chi connectivity index (χ0n) is 7.95. The average molecular weight is 306 g/mol. The van der Waals surface area contributed by atoms with Gasteiger partial charge in [0.15, 0.2) is 0 Å². The normalized spacial score (nSPS) is 14.6. The second-order valence-corrected chi connectivity index (χ2v) is 4.17. The van der Waals surface area contributed by atoms with Crippen LogP contribution in [-0.4, -0.2) is 18.1 Å². The summed E-state index contributed by atoms with van der Waals surface area (Å²) in [6.07, 6.45) is 1.58. The van der Waals surface area contributed by atoms with Crippen LogP contribution in [0.2, 0.25) is 0 Å². The molecule has 0 bridgehead atoms. The van der Waals surface area contributed by atoms with Crippen LogP contribution in [0.5, 0.6) is 0 Å². The Morgan fingerprint density at radius 2 is 2.29 bits per heavy atom. The highest BCUT2D eigenvalue weighted by Crippen LogP contribution is 2.18. The van der Waals surface area contributed by atoms with Gasteiger partial charge in [-0.3, -0.25) is 0 Å². The summed E-state index contributed by atoms with van der Waals surface area (Å²) < 4.78 is 5.46. The summed E-state index contributed by atoms with van der Waals surface area (Å²) in [4.78, 5) is 15.4. The van der Waals surface area contributed by atoms with Crippen molar-refractivity contribution < 1.29 is 9.53 Å². The maximum atomic E-state index is 11.3. The standard InChI is InChI=1S/C9H11IN2O2/c1-9(11,8(13)14-2)6-3-4-7(10)12-5-6/h3-5H,11H2,1-2H3. The van der Waals surface area contributed by atoms with Crippen molar-refractivity contribution in [2.24, 2.45) is 5.73 Å². The summed E-state index contributed by atoms with van der Waals surface area (Å²) in [7, 11) is 1.31. The number of esters is 1.